The molecule has 0 bridgehead atoms. The summed E-state index contributed by atoms with van der Waals surface area (Å²) in [4.78, 5) is 18.1. The van der Waals surface area contributed by atoms with Gasteiger partial charge in [0.2, 0.25) is 5.91 Å². The molecule has 0 spiro atoms. The Hall–Kier alpha value is -2.71. The van der Waals surface area contributed by atoms with Gasteiger partial charge in [-0.3, -0.25) is 9.78 Å². The van der Waals surface area contributed by atoms with Gasteiger partial charge < -0.3 is 10.2 Å². The molecular formula is C18H20N4O. The zero-order valence-corrected chi connectivity index (χ0v) is 13.2. The maximum Gasteiger partial charge on any atom is 0.225 e. The molecule has 0 fully saturated rings. The highest BCUT2D eigenvalue weighted by molar-refractivity contribution is 5.92. The van der Waals surface area contributed by atoms with Crippen LogP contribution in [0.5, 0.6) is 0 Å². The van der Waals surface area contributed by atoms with E-state index in [4.69, 9.17) is 5.26 Å². The summed E-state index contributed by atoms with van der Waals surface area (Å²) in [6, 6.07) is 13.1. The van der Waals surface area contributed by atoms with Gasteiger partial charge in [0.25, 0.3) is 0 Å². The molecule has 0 radical (unpaired) electrons. The van der Waals surface area contributed by atoms with E-state index in [1.54, 1.807) is 36.7 Å². The van der Waals surface area contributed by atoms with Crippen LogP contribution in [0.25, 0.3) is 0 Å². The zero-order valence-electron chi connectivity index (χ0n) is 13.2. The van der Waals surface area contributed by atoms with Gasteiger partial charge in [0.15, 0.2) is 0 Å². The number of carbonyl (C=O) groups is 1. The molecular weight excluding hydrogens is 288 g/mol. The molecule has 0 unspecified atom stereocenters. The number of hydrogen-bond donors (Lipinski definition) is 1. The fourth-order valence-corrected chi connectivity index (χ4v) is 2.18. The third kappa shape index (κ3) is 5.53. The van der Waals surface area contributed by atoms with E-state index in [1.165, 1.54) is 5.56 Å². The van der Waals surface area contributed by atoms with Gasteiger partial charge in [-0.15, -0.1) is 0 Å². The van der Waals surface area contributed by atoms with Crippen LogP contribution in [0.3, 0.4) is 0 Å². The summed E-state index contributed by atoms with van der Waals surface area (Å²) in [7, 11) is 2.00. The van der Waals surface area contributed by atoms with Gasteiger partial charge >= 0.3 is 0 Å². The Labute approximate surface area is 136 Å². The van der Waals surface area contributed by atoms with Gasteiger partial charge in [0.05, 0.1) is 11.3 Å². The van der Waals surface area contributed by atoms with Crippen LogP contribution in [0, 0.1) is 11.3 Å². The van der Waals surface area contributed by atoms with Crippen LogP contribution in [0.1, 0.15) is 17.5 Å². The standard InChI is InChI=1S/C18H20N4O/c1-22(12-8-15-6-10-20-11-7-15)13-9-18(23)21-17-5-3-2-4-16(17)14-19/h2-7,10-11H,8-9,12-13H2,1H3,(H,21,23). The van der Waals surface area contributed by atoms with E-state index in [1.807, 2.05) is 19.2 Å². The van der Waals surface area contributed by atoms with Gasteiger partial charge in [-0.05, 0) is 43.3 Å². The van der Waals surface area contributed by atoms with Gasteiger partial charge in [0, 0.05) is 31.9 Å². The summed E-state index contributed by atoms with van der Waals surface area (Å²) in [5.41, 5.74) is 2.28. The van der Waals surface area contributed by atoms with Crippen LogP contribution >= 0.6 is 0 Å². The smallest absolute Gasteiger partial charge is 0.225 e. The number of nitrogens with one attached hydrogen (secondary N) is 1. The maximum atomic E-state index is 12.0. The second-order valence-electron chi connectivity index (χ2n) is 5.36. The van der Waals surface area contributed by atoms with Crippen molar-refractivity contribution in [2.75, 3.05) is 25.5 Å². The summed E-state index contributed by atoms with van der Waals surface area (Å²) < 4.78 is 0. The predicted molar refractivity (Wildman–Crippen MR) is 89.8 cm³/mol. The van der Waals surface area contributed by atoms with E-state index in [0.717, 1.165) is 13.0 Å². The first-order valence-electron chi connectivity index (χ1n) is 7.55. The average molecular weight is 308 g/mol. The van der Waals surface area contributed by atoms with Crippen LogP contribution in [0.4, 0.5) is 5.69 Å². The molecule has 0 aliphatic heterocycles. The summed E-state index contributed by atoms with van der Waals surface area (Å²) >= 11 is 0. The maximum absolute atomic E-state index is 12.0. The van der Waals surface area contributed by atoms with Crippen LogP contribution in [0.2, 0.25) is 0 Å². The molecule has 2 rings (SSSR count). The van der Waals surface area contributed by atoms with Crippen molar-refractivity contribution in [2.24, 2.45) is 0 Å². The Morgan fingerprint density at radius 3 is 2.70 bits per heavy atom. The summed E-state index contributed by atoms with van der Waals surface area (Å²) in [6.45, 7) is 1.55. The summed E-state index contributed by atoms with van der Waals surface area (Å²) in [6.07, 6.45) is 4.90. The number of amides is 1. The van der Waals surface area contributed by atoms with Crippen molar-refractivity contribution < 1.29 is 4.79 Å². The second-order valence-corrected chi connectivity index (χ2v) is 5.36. The normalized spacial score (nSPS) is 10.3. The van der Waals surface area contributed by atoms with Gasteiger partial charge in [-0.25, -0.2) is 0 Å². The molecule has 23 heavy (non-hydrogen) atoms. The van der Waals surface area contributed by atoms with Crippen molar-refractivity contribution >= 4 is 11.6 Å². The molecule has 0 aliphatic rings. The van der Waals surface area contributed by atoms with Crippen molar-refractivity contribution in [3.8, 4) is 6.07 Å². The third-order valence-corrected chi connectivity index (χ3v) is 3.57. The number of hydrogen-bond acceptors (Lipinski definition) is 4. The summed E-state index contributed by atoms with van der Waals surface area (Å²) in [5.74, 6) is -0.0801. The fourth-order valence-electron chi connectivity index (χ4n) is 2.18. The number of rotatable bonds is 7. The third-order valence-electron chi connectivity index (χ3n) is 3.57. The molecule has 1 aromatic carbocycles. The lowest BCUT2D eigenvalue weighted by Crippen LogP contribution is -2.26. The highest BCUT2D eigenvalue weighted by atomic mass is 16.1. The molecule has 1 amide bonds. The van der Waals surface area contributed by atoms with Crippen LogP contribution in [0.15, 0.2) is 48.8 Å². The number of para-hydroxylation sites is 1. The van der Waals surface area contributed by atoms with E-state index < -0.39 is 0 Å². The highest BCUT2D eigenvalue weighted by Crippen LogP contribution is 2.13. The lowest BCUT2D eigenvalue weighted by Gasteiger charge is -2.16. The lowest BCUT2D eigenvalue weighted by molar-refractivity contribution is -0.116. The number of benzene rings is 1. The van der Waals surface area contributed by atoms with Crippen LogP contribution in [-0.2, 0) is 11.2 Å². The van der Waals surface area contributed by atoms with Crippen molar-refractivity contribution in [2.45, 2.75) is 12.8 Å². The molecule has 0 saturated carbocycles. The lowest BCUT2D eigenvalue weighted by atomic mass is 10.2. The van der Waals surface area contributed by atoms with E-state index in [9.17, 15) is 4.79 Å². The SMILES string of the molecule is CN(CCC(=O)Nc1ccccc1C#N)CCc1ccncc1. The Morgan fingerprint density at radius 2 is 1.96 bits per heavy atom. The number of pyridine rings is 1. The number of nitriles is 1. The molecule has 118 valence electrons. The number of nitrogens with zero attached hydrogens (tertiary/aromatic N) is 3. The van der Waals surface area contributed by atoms with Crippen molar-refractivity contribution in [1.82, 2.24) is 9.88 Å². The van der Waals surface area contributed by atoms with Gasteiger partial charge in [-0.2, -0.15) is 5.26 Å². The highest BCUT2D eigenvalue weighted by Gasteiger charge is 2.08. The Kier molecular flexibility index (Phi) is 6.28. The molecule has 2 aromatic rings. The average Bonchev–Trinajstić information content (AvgIpc) is 2.59. The van der Waals surface area contributed by atoms with Crippen molar-refractivity contribution in [3.63, 3.8) is 0 Å². The van der Waals surface area contributed by atoms with Gasteiger partial charge in [-0.1, -0.05) is 12.1 Å². The molecule has 5 nitrogen and oxygen atoms in total. The first-order chi connectivity index (χ1) is 11.2. The zero-order chi connectivity index (χ0) is 16.5. The number of carbonyl (C=O) groups excluding carboxylic acids is 1. The largest absolute Gasteiger partial charge is 0.325 e. The first kappa shape index (κ1) is 16.7. The Bertz CT molecular complexity index is 679. The van der Waals surface area contributed by atoms with E-state index >= 15 is 0 Å². The predicted octanol–water partition coefficient (Wildman–Crippen LogP) is 2.46. The molecule has 1 heterocycles. The minimum Gasteiger partial charge on any atom is -0.325 e. The van der Waals surface area contributed by atoms with Gasteiger partial charge in [0.1, 0.15) is 6.07 Å². The summed E-state index contributed by atoms with van der Waals surface area (Å²) in [5, 5.41) is 11.8. The molecule has 1 aromatic heterocycles. The molecule has 0 aliphatic carbocycles. The Morgan fingerprint density at radius 1 is 1.22 bits per heavy atom. The van der Waals surface area contributed by atoms with Crippen molar-refractivity contribution in [1.29, 1.82) is 5.26 Å². The van der Waals surface area contributed by atoms with Crippen molar-refractivity contribution in [3.05, 3.63) is 59.9 Å². The molecule has 0 saturated heterocycles. The first-order valence-corrected chi connectivity index (χ1v) is 7.55. The minimum atomic E-state index is -0.0801. The number of likely N-dealkylation sites (N-methyl/N-ethyl adjacent to an activating group) is 1. The van der Waals surface area contributed by atoms with E-state index in [2.05, 4.69) is 21.3 Å². The monoisotopic (exact) mass is 308 g/mol. The topological polar surface area (TPSA) is 69.0 Å². The Balaban J connectivity index is 1.74. The van der Waals surface area contributed by atoms with E-state index in [0.29, 0.717) is 24.2 Å². The van der Waals surface area contributed by atoms with Crippen LogP contribution < -0.4 is 5.32 Å². The van der Waals surface area contributed by atoms with Crippen LogP contribution in [-0.4, -0.2) is 35.9 Å². The molecule has 0 atom stereocenters. The minimum absolute atomic E-state index is 0.0801. The fraction of sp³-hybridized carbons (Fsp3) is 0.278. The quantitative estimate of drug-likeness (QED) is 0.853. The number of aromatic nitrogens is 1. The molecule has 5 heteroatoms. The van der Waals surface area contributed by atoms with E-state index in [-0.39, 0.29) is 5.91 Å². The number of anilines is 1. The second kappa shape index (κ2) is 8.66. The molecule has 1 N–H and O–H groups in total.